The van der Waals surface area contributed by atoms with E-state index < -0.39 is 0 Å². The fourth-order valence-corrected chi connectivity index (χ4v) is 3.15. The molecule has 0 saturated heterocycles. The minimum absolute atomic E-state index is 0.0592. The van der Waals surface area contributed by atoms with Gasteiger partial charge in [-0.15, -0.1) is 0 Å². The lowest BCUT2D eigenvalue weighted by atomic mass is 9.85. The van der Waals surface area contributed by atoms with Gasteiger partial charge in [-0.1, -0.05) is 26.7 Å². The Balaban J connectivity index is 2.07. The van der Waals surface area contributed by atoms with Crippen molar-refractivity contribution in [3.63, 3.8) is 0 Å². The first-order valence-electron chi connectivity index (χ1n) is 8.33. The van der Waals surface area contributed by atoms with Crippen LogP contribution in [0.3, 0.4) is 0 Å². The lowest BCUT2D eigenvalue weighted by molar-refractivity contribution is 0.120. The van der Waals surface area contributed by atoms with Crippen molar-refractivity contribution in [1.29, 1.82) is 0 Å². The SMILES string of the molecule is CCC(N)Cc1cc(F)ccc1OC1CCCC(CC)C1. The van der Waals surface area contributed by atoms with E-state index in [1.54, 1.807) is 12.1 Å². The summed E-state index contributed by atoms with van der Waals surface area (Å²) < 4.78 is 19.7. The molecule has 1 aliphatic carbocycles. The maximum Gasteiger partial charge on any atom is 0.123 e. The number of hydrogen-bond acceptors (Lipinski definition) is 2. The van der Waals surface area contributed by atoms with E-state index in [1.165, 1.54) is 25.3 Å². The zero-order chi connectivity index (χ0) is 15.2. The maximum absolute atomic E-state index is 13.5. The van der Waals surface area contributed by atoms with E-state index in [0.29, 0.717) is 6.42 Å². The molecule has 0 amide bonds. The van der Waals surface area contributed by atoms with Crippen molar-refractivity contribution in [2.75, 3.05) is 0 Å². The van der Waals surface area contributed by atoms with Crippen LogP contribution < -0.4 is 10.5 Å². The first-order valence-corrected chi connectivity index (χ1v) is 8.33. The summed E-state index contributed by atoms with van der Waals surface area (Å²) in [5, 5.41) is 0. The number of hydrogen-bond donors (Lipinski definition) is 1. The van der Waals surface area contributed by atoms with Gasteiger partial charge in [-0.25, -0.2) is 4.39 Å². The quantitative estimate of drug-likeness (QED) is 0.841. The Hall–Kier alpha value is -1.09. The number of benzene rings is 1. The lowest BCUT2D eigenvalue weighted by Crippen LogP contribution is -2.26. The zero-order valence-corrected chi connectivity index (χ0v) is 13.3. The fourth-order valence-electron chi connectivity index (χ4n) is 3.15. The van der Waals surface area contributed by atoms with Gasteiger partial charge in [0.25, 0.3) is 0 Å². The second kappa shape index (κ2) is 7.79. The van der Waals surface area contributed by atoms with Crippen LogP contribution >= 0.6 is 0 Å². The van der Waals surface area contributed by atoms with E-state index in [2.05, 4.69) is 13.8 Å². The molecular formula is C18H28FNO. The molecule has 0 radical (unpaired) electrons. The standard InChI is InChI=1S/C18H28FNO/c1-3-13-6-5-7-17(10-13)21-18-9-8-15(19)11-14(18)12-16(20)4-2/h8-9,11,13,16-17H,3-7,10,12,20H2,1-2H3. The van der Waals surface area contributed by atoms with Crippen LogP contribution in [0.5, 0.6) is 5.75 Å². The molecule has 0 spiro atoms. The van der Waals surface area contributed by atoms with Gasteiger partial charge in [-0.05, 0) is 61.8 Å². The third-order valence-corrected chi connectivity index (χ3v) is 4.63. The Bertz CT molecular complexity index is 449. The van der Waals surface area contributed by atoms with E-state index >= 15 is 0 Å². The largest absolute Gasteiger partial charge is 0.490 e. The van der Waals surface area contributed by atoms with Crippen LogP contribution in [0, 0.1) is 11.7 Å². The van der Waals surface area contributed by atoms with Crippen molar-refractivity contribution >= 4 is 0 Å². The highest BCUT2D eigenvalue weighted by Gasteiger charge is 2.23. The van der Waals surface area contributed by atoms with E-state index in [0.717, 1.165) is 36.5 Å². The van der Waals surface area contributed by atoms with Gasteiger partial charge in [0.15, 0.2) is 0 Å². The molecule has 21 heavy (non-hydrogen) atoms. The number of ether oxygens (including phenoxy) is 1. The van der Waals surface area contributed by atoms with Crippen molar-refractivity contribution in [3.8, 4) is 5.75 Å². The molecule has 3 atom stereocenters. The second-order valence-corrected chi connectivity index (χ2v) is 6.31. The van der Waals surface area contributed by atoms with Crippen LogP contribution in [0.4, 0.5) is 4.39 Å². The Labute approximate surface area is 127 Å². The molecule has 1 aliphatic rings. The van der Waals surface area contributed by atoms with Crippen LogP contribution in [0.2, 0.25) is 0 Å². The van der Waals surface area contributed by atoms with Gasteiger partial charge in [0.05, 0.1) is 6.10 Å². The zero-order valence-electron chi connectivity index (χ0n) is 13.3. The predicted octanol–water partition coefficient (Wildman–Crippen LogP) is 4.45. The van der Waals surface area contributed by atoms with Gasteiger partial charge in [-0.3, -0.25) is 0 Å². The highest BCUT2D eigenvalue weighted by Crippen LogP contribution is 2.31. The van der Waals surface area contributed by atoms with Crippen LogP contribution in [0.1, 0.15) is 57.9 Å². The summed E-state index contributed by atoms with van der Waals surface area (Å²) in [5.74, 6) is 1.38. The van der Waals surface area contributed by atoms with E-state index in [1.807, 2.05) is 0 Å². The van der Waals surface area contributed by atoms with E-state index in [-0.39, 0.29) is 18.0 Å². The molecule has 2 nitrogen and oxygen atoms in total. The summed E-state index contributed by atoms with van der Waals surface area (Å²) >= 11 is 0. The highest BCUT2D eigenvalue weighted by molar-refractivity contribution is 5.35. The normalized spacial score (nSPS) is 23.8. The van der Waals surface area contributed by atoms with Crippen molar-refractivity contribution in [2.24, 2.45) is 11.7 Å². The van der Waals surface area contributed by atoms with Crippen molar-refractivity contribution in [3.05, 3.63) is 29.6 Å². The van der Waals surface area contributed by atoms with Crippen molar-refractivity contribution in [1.82, 2.24) is 0 Å². The first-order chi connectivity index (χ1) is 10.1. The molecular weight excluding hydrogens is 265 g/mol. The molecule has 0 aliphatic heterocycles. The predicted molar refractivity (Wildman–Crippen MR) is 85.0 cm³/mol. The molecule has 3 heteroatoms. The van der Waals surface area contributed by atoms with Crippen molar-refractivity contribution in [2.45, 2.75) is 70.9 Å². The molecule has 1 aromatic carbocycles. The van der Waals surface area contributed by atoms with Crippen molar-refractivity contribution < 1.29 is 9.13 Å². The molecule has 118 valence electrons. The average molecular weight is 293 g/mol. The molecule has 0 aromatic heterocycles. The first kappa shape index (κ1) is 16.3. The third kappa shape index (κ3) is 4.70. The van der Waals surface area contributed by atoms with Crippen LogP contribution in [-0.4, -0.2) is 12.1 Å². The Morgan fingerprint density at radius 3 is 2.86 bits per heavy atom. The molecule has 1 fully saturated rings. The van der Waals surface area contributed by atoms with Gasteiger partial charge in [-0.2, -0.15) is 0 Å². The lowest BCUT2D eigenvalue weighted by Gasteiger charge is -2.29. The Morgan fingerprint density at radius 2 is 2.14 bits per heavy atom. The third-order valence-electron chi connectivity index (χ3n) is 4.63. The fraction of sp³-hybridized carbons (Fsp3) is 0.667. The van der Waals surface area contributed by atoms with Crippen LogP contribution in [-0.2, 0) is 6.42 Å². The minimum Gasteiger partial charge on any atom is -0.490 e. The molecule has 1 aromatic rings. The molecule has 1 saturated carbocycles. The second-order valence-electron chi connectivity index (χ2n) is 6.31. The molecule has 2 N–H and O–H groups in total. The summed E-state index contributed by atoms with van der Waals surface area (Å²) in [5.41, 5.74) is 6.93. The molecule has 0 bridgehead atoms. The van der Waals surface area contributed by atoms with Gasteiger partial charge >= 0.3 is 0 Å². The summed E-state index contributed by atoms with van der Waals surface area (Å²) in [4.78, 5) is 0. The smallest absolute Gasteiger partial charge is 0.123 e. The maximum atomic E-state index is 13.5. The molecule has 0 heterocycles. The van der Waals surface area contributed by atoms with Gasteiger partial charge in [0.2, 0.25) is 0 Å². The summed E-state index contributed by atoms with van der Waals surface area (Å²) in [6.07, 6.45) is 7.81. The average Bonchev–Trinajstić information content (AvgIpc) is 2.50. The number of halogens is 1. The van der Waals surface area contributed by atoms with Crippen LogP contribution in [0.15, 0.2) is 18.2 Å². The highest BCUT2D eigenvalue weighted by atomic mass is 19.1. The van der Waals surface area contributed by atoms with Crippen LogP contribution in [0.25, 0.3) is 0 Å². The Morgan fingerprint density at radius 1 is 1.33 bits per heavy atom. The number of nitrogens with two attached hydrogens (primary N) is 1. The summed E-state index contributed by atoms with van der Waals surface area (Å²) in [6.45, 7) is 4.30. The molecule has 3 unspecified atom stereocenters. The monoisotopic (exact) mass is 293 g/mol. The van der Waals surface area contributed by atoms with Gasteiger partial charge in [0.1, 0.15) is 11.6 Å². The summed E-state index contributed by atoms with van der Waals surface area (Å²) in [6, 6.07) is 4.88. The van der Waals surface area contributed by atoms with Gasteiger partial charge < -0.3 is 10.5 Å². The number of rotatable bonds is 6. The van der Waals surface area contributed by atoms with E-state index in [9.17, 15) is 4.39 Å². The topological polar surface area (TPSA) is 35.2 Å². The van der Waals surface area contributed by atoms with E-state index in [4.69, 9.17) is 10.5 Å². The minimum atomic E-state index is -0.212. The summed E-state index contributed by atoms with van der Waals surface area (Å²) in [7, 11) is 0. The van der Waals surface area contributed by atoms with Gasteiger partial charge in [0, 0.05) is 6.04 Å². The molecule has 2 rings (SSSR count). The Kier molecular flexibility index (Phi) is 6.04.